The number of anilines is 1. The van der Waals surface area contributed by atoms with Gasteiger partial charge in [0.05, 0.1) is 26.2 Å². The van der Waals surface area contributed by atoms with Gasteiger partial charge in [-0.15, -0.1) is 5.54 Å². The van der Waals surface area contributed by atoms with Gasteiger partial charge in [0.1, 0.15) is 66.1 Å². The van der Waals surface area contributed by atoms with Gasteiger partial charge in [-0.25, -0.2) is 0 Å². The Balaban J connectivity index is 1.10. The molecular weight excluding hydrogens is 1220 g/mol. The average Bonchev–Trinajstić information content (AvgIpc) is 0.750. The number of benzene rings is 6. The molecule has 0 radical (unpaired) electrons. The molecule has 6 N–H and O–H groups in total. The number of nitrogens with one attached hydrogen (secondary N) is 6. The van der Waals surface area contributed by atoms with Crippen LogP contribution in [0.5, 0.6) is 11.5 Å². The Morgan fingerprint density at radius 3 is 1.36 bits per heavy atom. The molecule has 0 spiro atoms. The molecule has 18 nitrogen and oxygen atoms in total. The van der Waals surface area contributed by atoms with Crippen molar-refractivity contribution in [2.45, 2.75) is 141 Å². The maximum atomic E-state index is 14.8. The monoisotopic (exact) mass is 1320 g/mol. The third-order valence-electron chi connectivity index (χ3n) is 14.7. The largest absolute Gasteiger partial charge is 0.491 e. The molecule has 0 aliphatic heterocycles. The molecule has 5 atom stereocenters. The zero-order chi connectivity index (χ0) is 68.3. The quantitative estimate of drug-likeness (QED) is 0.0102. The SMILES string of the molecule is CSC[C@H](NC(=O)[C@H](Cc1ccccc1)NC(=O)[C@H](Cc1ccc(OC(C)(C)C)cc1)NC(=O)[C@H](Cc1ccccc1)NC(C)=O)C(=O)N[C@@H](CC(=O)OC(C)(C)C)C(=O)Nc1ccc(OCCOCCOCC#C[Si](c2ccccc2)(c2ccccc2)C(C)(C)C)cc1. The number of rotatable bonds is 32. The smallest absolute Gasteiger partial charge is 0.308 e. The Bertz CT molecular complexity index is 3420. The maximum absolute atomic E-state index is 14.8. The summed E-state index contributed by atoms with van der Waals surface area (Å²) < 4.78 is 29.2. The molecule has 0 heterocycles. The number of thioether (sulfide) groups is 1. The first-order valence-corrected chi connectivity index (χ1v) is 35.0. The lowest BCUT2D eigenvalue weighted by Crippen LogP contribution is -2.63. The van der Waals surface area contributed by atoms with Crippen LogP contribution in [0.25, 0.3) is 0 Å². The van der Waals surface area contributed by atoms with Crippen molar-refractivity contribution >= 4 is 77.3 Å². The molecule has 0 aliphatic rings. The van der Waals surface area contributed by atoms with E-state index in [0.717, 1.165) is 5.56 Å². The molecule has 6 aromatic carbocycles. The van der Waals surface area contributed by atoms with Gasteiger partial charge in [-0.05, 0) is 116 Å². The lowest BCUT2D eigenvalue weighted by atomic mass is 10.0. The summed E-state index contributed by atoms with van der Waals surface area (Å²) in [6, 6.07) is 46.3. The minimum absolute atomic E-state index is 0.0179. The first-order valence-electron chi connectivity index (χ1n) is 31.6. The second kappa shape index (κ2) is 36.1. The Labute approximate surface area is 559 Å². The van der Waals surface area contributed by atoms with E-state index in [1.165, 1.54) is 29.1 Å². The van der Waals surface area contributed by atoms with E-state index in [0.29, 0.717) is 41.5 Å². The van der Waals surface area contributed by atoms with Crippen molar-refractivity contribution in [1.29, 1.82) is 0 Å². The number of carbonyl (C=O) groups excluding carboxylic acids is 7. The predicted octanol–water partition coefficient (Wildman–Crippen LogP) is 8.09. The van der Waals surface area contributed by atoms with Gasteiger partial charge in [-0.3, -0.25) is 33.6 Å². The first-order chi connectivity index (χ1) is 44.7. The molecule has 0 saturated carbocycles. The molecule has 500 valence electrons. The summed E-state index contributed by atoms with van der Waals surface area (Å²) in [5, 5.41) is 19.1. The third kappa shape index (κ3) is 24.6. The highest BCUT2D eigenvalue weighted by Gasteiger charge is 2.47. The zero-order valence-electron chi connectivity index (χ0n) is 55.9. The van der Waals surface area contributed by atoms with Crippen LogP contribution >= 0.6 is 11.8 Å². The summed E-state index contributed by atoms with van der Waals surface area (Å²) in [5.74, 6) is -0.394. The summed E-state index contributed by atoms with van der Waals surface area (Å²) in [7, 11) is -2.54. The molecule has 0 fully saturated rings. The Morgan fingerprint density at radius 1 is 0.468 bits per heavy atom. The topological polar surface area (TPSA) is 238 Å². The van der Waals surface area contributed by atoms with E-state index in [2.05, 4.69) is 113 Å². The van der Waals surface area contributed by atoms with E-state index in [1.54, 1.807) is 106 Å². The molecule has 6 amide bonds. The van der Waals surface area contributed by atoms with Crippen LogP contribution in [0.2, 0.25) is 5.04 Å². The summed E-state index contributed by atoms with van der Waals surface area (Å²) >= 11 is 1.24. The van der Waals surface area contributed by atoms with E-state index in [4.69, 9.17) is 23.7 Å². The van der Waals surface area contributed by atoms with Crippen LogP contribution in [0.1, 0.15) is 92.3 Å². The number of carbonyl (C=O) groups is 7. The number of hydrogen-bond donors (Lipinski definition) is 6. The average molecular weight is 1320 g/mol. The fourth-order valence-electron chi connectivity index (χ4n) is 10.4. The fourth-order valence-corrected chi connectivity index (χ4v) is 15.4. The lowest BCUT2D eigenvalue weighted by molar-refractivity contribution is -0.156. The molecule has 6 rings (SSSR count). The van der Waals surface area contributed by atoms with Gasteiger partial charge < -0.3 is 55.6 Å². The fraction of sp³-hybridized carbons (Fsp3) is 0.392. The third-order valence-corrected chi connectivity index (χ3v) is 20.5. The van der Waals surface area contributed by atoms with Crippen LogP contribution in [-0.4, -0.2) is 136 Å². The summed E-state index contributed by atoms with van der Waals surface area (Å²) in [6.45, 7) is 20.3. The van der Waals surface area contributed by atoms with Gasteiger partial charge in [-0.2, -0.15) is 11.8 Å². The highest BCUT2D eigenvalue weighted by molar-refractivity contribution is 7.98. The summed E-state index contributed by atoms with van der Waals surface area (Å²) in [6.07, 6.45) is 1.23. The zero-order valence-corrected chi connectivity index (χ0v) is 57.7. The molecule has 0 saturated heterocycles. The van der Waals surface area contributed by atoms with Crippen molar-refractivity contribution in [3.05, 3.63) is 187 Å². The van der Waals surface area contributed by atoms with Crippen LogP contribution in [0.15, 0.2) is 170 Å². The van der Waals surface area contributed by atoms with Crippen LogP contribution in [0, 0.1) is 11.5 Å². The second-order valence-corrected chi connectivity index (χ2v) is 31.1. The highest BCUT2D eigenvalue weighted by atomic mass is 32.2. The number of ether oxygens (including phenoxy) is 5. The van der Waals surface area contributed by atoms with Crippen LogP contribution < -0.4 is 51.7 Å². The van der Waals surface area contributed by atoms with Crippen molar-refractivity contribution in [3.63, 3.8) is 0 Å². The van der Waals surface area contributed by atoms with Crippen molar-refractivity contribution in [2.24, 2.45) is 0 Å². The molecular formula is C74H92N6O12SSi. The maximum Gasteiger partial charge on any atom is 0.308 e. The van der Waals surface area contributed by atoms with Crippen molar-refractivity contribution in [2.75, 3.05) is 50.4 Å². The minimum atomic E-state index is -2.54. The van der Waals surface area contributed by atoms with E-state index in [1.807, 2.05) is 63.2 Å². The normalized spacial score (nSPS) is 13.2. The van der Waals surface area contributed by atoms with E-state index in [9.17, 15) is 33.6 Å². The van der Waals surface area contributed by atoms with Crippen molar-refractivity contribution in [1.82, 2.24) is 26.6 Å². The molecule has 0 aliphatic carbocycles. The van der Waals surface area contributed by atoms with Gasteiger partial charge in [0.2, 0.25) is 43.5 Å². The molecule has 94 heavy (non-hydrogen) atoms. The van der Waals surface area contributed by atoms with E-state index in [-0.39, 0.29) is 49.9 Å². The van der Waals surface area contributed by atoms with Gasteiger partial charge >= 0.3 is 5.97 Å². The van der Waals surface area contributed by atoms with Gasteiger partial charge in [0.15, 0.2) is 0 Å². The second-order valence-electron chi connectivity index (χ2n) is 25.7. The van der Waals surface area contributed by atoms with Crippen molar-refractivity contribution in [3.8, 4) is 23.0 Å². The minimum Gasteiger partial charge on any atom is -0.491 e. The number of esters is 1. The van der Waals surface area contributed by atoms with Crippen LogP contribution in [0.3, 0.4) is 0 Å². The number of amides is 6. The van der Waals surface area contributed by atoms with Crippen LogP contribution in [-0.2, 0) is 67.0 Å². The molecule has 0 unspecified atom stereocenters. The standard InChI is InChI=1S/C74H92N6O12SSi/c1-52(81)75-61(47-53-25-16-12-17-26-53)68(84)77-63(49-55-33-37-58(38-34-55)91-72(2,3)4)69(85)78-62(48-54-27-18-13-19-28-54)70(86)80-65(51-93-11)71(87)79-64(50-66(82)92-73(5,6)7)67(83)76-56-35-39-57(40-36-56)90-45-44-89-43-42-88-41-24-46-94(74(8,9)10,59-29-20-14-21-30-59)60-31-22-15-23-32-60/h12-23,25-40,61-65H,41-45,47-51H2,1-11H3,(H,75,81)(H,76,83)(H,77,84)(H,78,85)(H,79,87)(H,80,86)/t61-,62-,63-,64-,65-/m0/s1. The Hall–Kier alpha value is -8.74. The molecule has 0 bridgehead atoms. The van der Waals surface area contributed by atoms with Gasteiger partial charge in [0, 0.05) is 37.6 Å². The Kier molecular flexibility index (Phi) is 28.5. The number of hydrogen-bond acceptors (Lipinski definition) is 13. The van der Waals surface area contributed by atoms with Gasteiger partial charge in [-0.1, -0.05) is 160 Å². The first kappa shape index (κ1) is 74.3. The van der Waals surface area contributed by atoms with Gasteiger partial charge in [0.25, 0.3) is 0 Å². The molecule has 20 heteroatoms. The van der Waals surface area contributed by atoms with Crippen molar-refractivity contribution < 1.29 is 57.2 Å². The highest BCUT2D eigenvalue weighted by Crippen LogP contribution is 2.35. The van der Waals surface area contributed by atoms with Crippen LogP contribution in [0.4, 0.5) is 5.69 Å². The van der Waals surface area contributed by atoms with E-state index >= 15 is 0 Å². The molecule has 0 aromatic heterocycles. The Morgan fingerprint density at radius 2 is 0.894 bits per heavy atom. The summed E-state index contributed by atoms with van der Waals surface area (Å²) in [5.41, 5.74) is 4.76. The molecule has 6 aromatic rings. The lowest BCUT2D eigenvalue weighted by Gasteiger charge is -2.39. The summed E-state index contributed by atoms with van der Waals surface area (Å²) in [4.78, 5) is 98.2. The predicted molar refractivity (Wildman–Crippen MR) is 373 cm³/mol. The van der Waals surface area contributed by atoms with E-state index < -0.39 is 97.3 Å².